The zero-order chi connectivity index (χ0) is 13.1. The zero-order valence-electron chi connectivity index (χ0n) is 10.8. The molecule has 2 heterocycles. The molecule has 0 fully saturated rings. The molecule has 2 rings (SSSR count). The summed E-state index contributed by atoms with van der Waals surface area (Å²) in [4.78, 5) is 10.8. The van der Waals surface area contributed by atoms with Crippen LogP contribution in [0.25, 0.3) is 11.0 Å². The van der Waals surface area contributed by atoms with E-state index in [1.165, 1.54) is 0 Å². The van der Waals surface area contributed by atoms with E-state index >= 15 is 0 Å². The highest BCUT2D eigenvalue weighted by atomic mass is 16.3. The van der Waals surface area contributed by atoms with E-state index in [0.29, 0.717) is 18.1 Å². The second-order valence-corrected chi connectivity index (χ2v) is 4.26. The lowest BCUT2D eigenvalue weighted by molar-refractivity contribution is 0.299. The first-order valence-electron chi connectivity index (χ1n) is 5.93. The number of anilines is 2. The third kappa shape index (κ3) is 2.21. The van der Waals surface area contributed by atoms with Crippen LogP contribution in [0.2, 0.25) is 0 Å². The number of hydrogen-bond acceptors (Lipinski definition) is 6. The van der Waals surface area contributed by atoms with Crippen LogP contribution in [-0.4, -0.2) is 51.5 Å². The van der Waals surface area contributed by atoms with E-state index in [0.717, 1.165) is 11.2 Å². The van der Waals surface area contributed by atoms with Crippen molar-refractivity contribution in [2.75, 3.05) is 30.4 Å². The lowest BCUT2D eigenvalue weighted by Gasteiger charge is -2.27. The van der Waals surface area contributed by atoms with E-state index in [-0.39, 0.29) is 12.6 Å². The van der Waals surface area contributed by atoms with E-state index < -0.39 is 0 Å². The minimum absolute atomic E-state index is 0.0798. The van der Waals surface area contributed by atoms with Crippen molar-refractivity contribution in [3.05, 3.63) is 6.20 Å². The maximum atomic E-state index is 9.17. The van der Waals surface area contributed by atoms with Crippen molar-refractivity contribution in [1.29, 1.82) is 0 Å². The number of aromatic amines is 1. The maximum Gasteiger partial charge on any atom is 0.226 e. The molecule has 2 aromatic rings. The molecule has 0 aromatic carbocycles. The Morgan fingerprint density at radius 2 is 2.22 bits per heavy atom. The largest absolute Gasteiger partial charge is 0.395 e. The Morgan fingerprint density at radius 1 is 1.44 bits per heavy atom. The van der Waals surface area contributed by atoms with Crippen molar-refractivity contribution in [1.82, 2.24) is 20.2 Å². The number of rotatable bonds is 5. The van der Waals surface area contributed by atoms with Gasteiger partial charge in [-0.25, -0.2) is 0 Å². The van der Waals surface area contributed by atoms with E-state index in [9.17, 15) is 5.11 Å². The molecule has 0 spiro atoms. The number of aliphatic hydroxyl groups excluding tert-OH is 1. The first kappa shape index (κ1) is 12.6. The molecule has 0 saturated heterocycles. The molecule has 3 N–H and O–H groups in total. The number of nitrogens with zero attached hydrogens (tertiary/aromatic N) is 4. The Bertz CT molecular complexity index is 523. The Labute approximate surface area is 105 Å². The van der Waals surface area contributed by atoms with Gasteiger partial charge in [-0.1, -0.05) is 0 Å². The summed E-state index contributed by atoms with van der Waals surface area (Å²) in [6.45, 7) is 4.72. The summed E-state index contributed by atoms with van der Waals surface area (Å²) in [7, 11) is 1.77. The predicted octanol–water partition coefficient (Wildman–Crippen LogP) is 0.602. The summed E-state index contributed by atoms with van der Waals surface area (Å²) < 4.78 is 0. The second-order valence-electron chi connectivity index (χ2n) is 4.26. The third-order valence-corrected chi connectivity index (χ3v) is 2.75. The lowest BCUT2D eigenvalue weighted by atomic mass is 10.2. The number of fused-ring (bicyclic) bond motifs is 1. The minimum Gasteiger partial charge on any atom is -0.395 e. The summed E-state index contributed by atoms with van der Waals surface area (Å²) in [6, 6.07) is 0.231. The second kappa shape index (κ2) is 5.18. The van der Waals surface area contributed by atoms with Gasteiger partial charge in [-0.15, -0.1) is 0 Å². The molecule has 98 valence electrons. The molecule has 0 aliphatic carbocycles. The van der Waals surface area contributed by atoms with Gasteiger partial charge in [-0.05, 0) is 13.8 Å². The highest BCUT2D eigenvalue weighted by Crippen LogP contribution is 2.25. The van der Waals surface area contributed by atoms with E-state index in [1.54, 1.807) is 13.2 Å². The third-order valence-electron chi connectivity index (χ3n) is 2.75. The van der Waals surface area contributed by atoms with Crippen molar-refractivity contribution in [3.8, 4) is 0 Å². The molecule has 0 atom stereocenters. The van der Waals surface area contributed by atoms with Crippen LogP contribution in [0.4, 0.5) is 11.8 Å². The van der Waals surface area contributed by atoms with Gasteiger partial charge in [0.1, 0.15) is 5.82 Å². The summed E-state index contributed by atoms with van der Waals surface area (Å²) >= 11 is 0. The highest BCUT2D eigenvalue weighted by molar-refractivity contribution is 5.87. The summed E-state index contributed by atoms with van der Waals surface area (Å²) in [5.74, 6) is 1.31. The molecule has 2 aromatic heterocycles. The first-order chi connectivity index (χ1) is 8.67. The van der Waals surface area contributed by atoms with Crippen LogP contribution in [0.3, 0.4) is 0 Å². The summed E-state index contributed by atoms with van der Waals surface area (Å²) in [6.07, 6.45) is 1.71. The summed E-state index contributed by atoms with van der Waals surface area (Å²) in [5.41, 5.74) is 0.688. The SMILES string of the molecule is CNc1nc(N(CCO)C(C)C)c2cn[nH]c2n1. The van der Waals surface area contributed by atoms with Gasteiger partial charge >= 0.3 is 0 Å². The fourth-order valence-corrected chi connectivity index (χ4v) is 1.87. The van der Waals surface area contributed by atoms with Crippen molar-refractivity contribution < 1.29 is 5.11 Å². The van der Waals surface area contributed by atoms with Gasteiger partial charge in [0.2, 0.25) is 5.95 Å². The van der Waals surface area contributed by atoms with Crippen LogP contribution in [-0.2, 0) is 0 Å². The van der Waals surface area contributed by atoms with Crippen LogP contribution >= 0.6 is 0 Å². The molecule has 0 radical (unpaired) electrons. The van der Waals surface area contributed by atoms with Crippen LogP contribution < -0.4 is 10.2 Å². The normalized spacial score (nSPS) is 11.2. The molecule has 0 aliphatic rings. The predicted molar refractivity (Wildman–Crippen MR) is 70.8 cm³/mol. The average Bonchev–Trinajstić information content (AvgIpc) is 2.82. The molecule has 0 bridgehead atoms. The molecule has 0 amide bonds. The maximum absolute atomic E-state index is 9.17. The van der Waals surface area contributed by atoms with E-state index in [4.69, 9.17) is 0 Å². The molecular formula is C11H18N6O. The molecule has 7 nitrogen and oxygen atoms in total. The van der Waals surface area contributed by atoms with Gasteiger partial charge in [0.15, 0.2) is 5.65 Å². The molecule has 0 aliphatic heterocycles. The van der Waals surface area contributed by atoms with Crippen molar-refractivity contribution in [3.63, 3.8) is 0 Å². The molecule has 0 unspecified atom stereocenters. The smallest absolute Gasteiger partial charge is 0.226 e. The van der Waals surface area contributed by atoms with Gasteiger partial charge < -0.3 is 15.3 Å². The van der Waals surface area contributed by atoms with Crippen LogP contribution in [0.15, 0.2) is 6.20 Å². The zero-order valence-corrected chi connectivity index (χ0v) is 10.8. The van der Waals surface area contributed by atoms with Crippen LogP contribution in [0.5, 0.6) is 0 Å². The Morgan fingerprint density at radius 3 is 2.83 bits per heavy atom. The van der Waals surface area contributed by atoms with E-state index in [2.05, 4.69) is 39.3 Å². The van der Waals surface area contributed by atoms with Gasteiger partial charge in [-0.2, -0.15) is 15.1 Å². The number of H-pyrrole nitrogens is 1. The van der Waals surface area contributed by atoms with Crippen LogP contribution in [0.1, 0.15) is 13.8 Å². The quantitative estimate of drug-likeness (QED) is 0.720. The fraction of sp³-hybridized carbons (Fsp3) is 0.545. The first-order valence-corrected chi connectivity index (χ1v) is 5.93. The topological polar surface area (TPSA) is 90.0 Å². The van der Waals surface area contributed by atoms with E-state index in [1.807, 2.05) is 4.90 Å². The Hall–Kier alpha value is -1.89. The lowest BCUT2D eigenvalue weighted by Crippen LogP contribution is -2.34. The number of nitrogens with one attached hydrogen (secondary N) is 2. The van der Waals surface area contributed by atoms with Crippen molar-refractivity contribution in [2.24, 2.45) is 0 Å². The molecule has 7 heteroatoms. The number of aliphatic hydroxyl groups is 1. The summed E-state index contributed by atoms with van der Waals surface area (Å²) in [5, 5.41) is 19.8. The molecular weight excluding hydrogens is 232 g/mol. The standard InChI is InChI=1S/C11H18N6O/c1-7(2)17(4-5-18)10-8-6-13-16-9(8)14-11(12-3)15-10/h6-7,18H,4-5H2,1-3H3,(H2,12,13,14,15,16). The average molecular weight is 250 g/mol. The molecule has 18 heavy (non-hydrogen) atoms. The van der Waals surface area contributed by atoms with Crippen LogP contribution in [0, 0.1) is 0 Å². The Balaban J connectivity index is 2.55. The van der Waals surface area contributed by atoms with Gasteiger partial charge in [0, 0.05) is 19.6 Å². The van der Waals surface area contributed by atoms with Gasteiger partial charge in [-0.3, -0.25) is 5.10 Å². The van der Waals surface area contributed by atoms with Crippen molar-refractivity contribution >= 4 is 22.8 Å². The Kier molecular flexibility index (Phi) is 3.61. The number of hydrogen-bond donors (Lipinski definition) is 3. The van der Waals surface area contributed by atoms with Gasteiger partial charge in [0.25, 0.3) is 0 Å². The van der Waals surface area contributed by atoms with Crippen molar-refractivity contribution in [2.45, 2.75) is 19.9 Å². The monoisotopic (exact) mass is 250 g/mol. The highest BCUT2D eigenvalue weighted by Gasteiger charge is 2.17. The minimum atomic E-state index is 0.0798. The number of aromatic nitrogens is 4. The molecule has 0 saturated carbocycles. The fourth-order valence-electron chi connectivity index (χ4n) is 1.87. The van der Waals surface area contributed by atoms with Gasteiger partial charge in [0.05, 0.1) is 18.2 Å².